The number of nitrogens with zero attached hydrogens (tertiary/aromatic N) is 4. The summed E-state index contributed by atoms with van der Waals surface area (Å²) in [6, 6.07) is 16.6. The Kier molecular flexibility index (Phi) is 9.54. The van der Waals surface area contributed by atoms with E-state index in [4.69, 9.17) is 21.3 Å². The van der Waals surface area contributed by atoms with Crippen LogP contribution in [-0.2, 0) is 11.3 Å². The highest BCUT2D eigenvalue weighted by atomic mass is 35.5. The number of imidazole rings is 1. The van der Waals surface area contributed by atoms with E-state index in [1.807, 2.05) is 38.4 Å². The normalized spacial score (nSPS) is 14.8. The lowest BCUT2D eigenvalue weighted by molar-refractivity contribution is -0.123. The quantitative estimate of drug-likeness (QED) is 0.208. The molecule has 0 saturated carbocycles. The number of aryl methyl sites for hydroxylation is 1. The lowest BCUT2D eigenvalue weighted by Crippen LogP contribution is -2.48. The first-order valence-corrected chi connectivity index (χ1v) is 15.2. The summed E-state index contributed by atoms with van der Waals surface area (Å²) in [5, 5.41) is 7.18. The largest absolute Gasteiger partial charge is 0.484 e. The van der Waals surface area contributed by atoms with Gasteiger partial charge in [0.15, 0.2) is 12.3 Å². The number of fused-ring (bicyclic) bond motifs is 1. The molecule has 228 valence electrons. The van der Waals surface area contributed by atoms with Crippen LogP contribution in [0, 0.1) is 6.92 Å². The fourth-order valence-electron chi connectivity index (χ4n) is 4.98. The van der Waals surface area contributed by atoms with Gasteiger partial charge in [-0.1, -0.05) is 41.4 Å². The summed E-state index contributed by atoms with van der Waals surface area (Å²) in [6.45, 7) is 9.78. The number of nitrogens with one attached hydrogen (secondary N) is 3. The van der Waals surface area contributed by atoms with Crippen LogP contribution in [0.4, 0.5) is 5.69 Å². The average Bonchev–Trinajstić information content (AvgIpc) is 3.43. The molecule has 2 aromatic carbocycles. The van der Waals surface area contributed by atoms with E-state index in [-0.39, 0.29) is 18.1 Å². The first kappa shape index (κ1) is 30.8. The Morgan fingerprint density at radius 1 is 1.12 bits per heavy atom. The van der Waals surface area contributed by atoms with Crippen LogP contribution >= 0.6 is 11.6 Å². The number of piperidine rings is 1. The first-order valence-electron chi connectivity index (χ1n) is 14.8. The van der Waals surface area contributed by atoms with Gasteiger partial charge in [-0.3, -0.25) is 9.69 Å². The van der Waals surface area contributed by atoms with Crippen molar-refractivity contribution in [3.05, 3.63) is 70.9 Å². The molecule has 0 spiro atoms. The molecule has 5 rings (SSSR count). The van der Waals surface area contributed by atoms with Gasteiger partial charge >= 0.3 is 0 Å². The molecule has 0 bridgehead atoms. The molecule has 0 aliphatic carbocycles. The maximum atomic E-state index is 12.3. The van der Waals surface area contributed by atoms with Crippen molar-refractivity contribution >= 4 is 34.4 Å². The standard InChI is InChI=1S/C33H42ClN7O2/c1-22-6-8-23(9-7-22)19-41-16-14-25(15-17-41)37-29-27(34)18-35-32-30(29)38-31(39-32)24-10-12-26(13-11-24)43-20-28(42)36-21-33(2,3)40(4)5/h6-13,18,25H,14-17,19-21H2,1-5H3,(H,36,42)(H2,35,37,38,39). The number of hydrogen-bond acceptors (Lipinski definition) is 7. The molecule has 1 saturated heterocycles. The number of halogens is 1. The van der Waals surface area contributed by atoms with Gasteiger partial charge in [0.25, 0.3) is 5.91 Å². The minimum atomic E-state index is -0.156. The summed E-state index contributed by atoms with van der Waals surface area (Å²) >= 11 is 6.64. The molecule has 0 unspecified atom stereocenters. The number of benzene rings is 2. The van der Waals surface area contributed by atoms with Crippen LogP contribution in [0.2, 0.25) is 5.02 Å². The fourth-order valence-corrected chi connectivity index (χ4v) is 5.18. The summed E-state index contributed by atoms with van der Waals surface area (Å²) in [6.07, 6.45) is 3.71. The third kappa shape index (κ3) is 7.84. The van der Waals surface area contributed by atoms with E-state index in [0.29, 0.717) is 34.8 Å². The summed E-state index contributed by atoms with van der Waals surface area (Å²) in [5.41, 5.74) is 5.62. The second-order valence-corrected chi connectivity index (χ2v) is 12.6. The average molecular weight is 604 g/mol. The highest BCUT2D eigenvalue weighted by Crippen LogP contribution is 2.32. The number of carbonyl (C=O) groups excluding carboxylic acids is 1. The van der Waals surface area contributed by atoms with Gasteiger partial charge in [-0.15, -0.1) is 0 Å². The van der Waals surface area contributed by atoms with Crippen LogP contribution in [0.1, 0.15) is 37.8 Å². The van der Waals surface area contributed by atoms with Gasteiger partial charge in [0.2, 0.25) is 0 Å². The lowest BCUT2D eigenvalue weighted by atomic mass is 10.0. The highest BCUT2D eigenvalue weighted by Gasteiger charge is 2.23. The van der Waals surface area contributed by atoms with Crippen molar-refractivity contribution in [2.24, 2.45) is 0 Å². The number of ether oxygens (including phenoxy) is 1. The van der Waals surface area contributed by atoms with Crippen molar-refractivity contribution in [3.63, 3.8) is 0 Å². The minimum Gasteiger partial charge on any atom is -0.484 e. The molecule has 1 aliphatic heterocycles. The van der Waals surface area contributed by atoms with Gasteiger partial charge in [-0.25, -0.2) is 9.97 Å². The molecule has 43 heavy (non-hydrogen) atoms. The van der Waals surface area contributed by atoms with Gasteiger partial charge < -0.3 is 25.3 Å². The monoisotopic (exact) mass is 603 g/mol. The fraction of sp³-hybridized carbons (Fsp3) is 0.424. The van der Waals surface area contributed by atoms with Crippen LogP contribution in [0.25, 0.3) is 22.6 Å². The molecule has 10 heteroatoms. The number of H-pyrrole nitrogens is 1. The summed E-state index contributed by atoms with van der Waals surface area (Å²) in [4.78, 5) is 29.5. The van der Waals surface area contributed by atoms with Crippen molar-refractivity contribution in [2.75, 3.05) is 45.7 Å². The van der Waals surface area contributed by atoms with Gasteiger partial charge in [-0.2, -0.15) is 0 Å². The maximum absolute atomic E-state index is 12.3. The molecule has 9 nitrogen and oxygen atoms in total. The van der Waals surface area contributed by atoms with E-state index in [9.17, 15) is 4.79 Å². The summed E-state index contributed by atoms with van der Waals surface area (Å²) in [5.74, 6) is 1.14. The Morgan fingerprint density at radius 3 is 2.49 bits per heavy atom. The number of carbonyl (C=O) groups is 1. The molecular weight excluding hydrogens is 562 g/mol. The number of likely N-dealkylation sites (tertiary alicyclic amines) is 1. The Hall–Kier alpha value is -3.66. The minimum absolute atomic E-state index is 0.0458. The predicted molar refractivity (Wildman–Crippen MR) is 174 cm³/mol. The highest BCUT2D eigenvalue weighted by molar-refractivity contribution is 6.34. The van der Waals surface area contributed by atoms with E-state index < -0.39 is 0 Å². The second-order valence-electron chi connectivity index (χ2n) is 12.2. The lowest BCUT2D eigenvalue weighted by Gasteiger charge is -2.33. The van der Waals surface area contributed by atoms with Crippen molar-refractivity contribution in [1.82, 2.24) is 30.1 Å². The summed E-state index contributed by atoms with van der Waals surface area (Å²) in [7, 11) is 3.98. The zero-order valence-electron chi connectivity index (χ0n) is 25.7. The molecule has 1 aliphatic rings. The molecule has 1 amide bonds. The Labute approximate surface area is 259 Å². The number of hydrogen-bond donors (Lipinski definition) is 3. The van der Waals surface area contributed by atoms with Crippen LogP contribution < -0.4 is 15.4 Å². The number of amides is 1. The van der Waals surface area contributed by atoms with Gasteiger partial charge in [-0.05, 0) is 77.5 Å². The second kappa shape index (κ2) is 13.3. The number of aromatic nitrogens is 3. The van der Waals surface area contributed by atoms with Crippen LogP contribution in [-0.4, -0.2) is 82.6 Å². The van der Waals surface area contributed by atoms with E-state index in [0.717, 1.165) is 49.2 Å². The van der Waals surface area contributed by atoms with Crippen LogP contribution in [0.3, 0.4) is 0 Å². The number of aromatic amines is 1. The van der Waals surface area contributed by atoms with Gasteiger partial charge in [0.05, 0.1) is 16.9 Å². The summed E-state index contributed by atoms with van der Waals surface area (Å²) < 4.78 is 5.71. The van der Waals surface area contributed by atoms with E-state index in [2.05, 4.69) is 75.4 Å². The number of likely N-dealkylation sites (N-methyl/N-ethyl adjacent to an activating group) is 1. The topological polar surface area (TPSA) is 98.4 Å². The van der Waals surface area contributed by atoms with E-state index >= 15 is 0 Å². The van der Waals surface area contributed by atoms with Crippen LogP contribution in [0.15, 0.2) is 54.7 Å². The molecule has 4 aromatic rings. The van der Waals surface area contributed by atoms with E-state index in [1.165, 1.54) is 11.1 Å². The Balaban J connectivity index is 1.18. The van der Waals surface area contributed by atoms with Crippen LogP contribution in [0.5, 0.6) is 5.75 Å². The number of pyridine rings is 1. The van der Waals surface area contributed by atoms with Gasteiger partial charge in [0, 0.05) is 43.3 Å². The third-order valence-electron chi connectivity index (χ3n) is 8.36. The molecule has 0 atom stereocenters. The number of rotatable bonds is 11. The molecule has 1 fully saturated rings. The van der Waals surface area contributed by atoms with Crippen molar-refractivity contribution in [2.45, 2.75) is 51.7 Å². The SMILES string of the molecule is Cc1ccc(CN2CCC(Nc3c(Cl)cnc4nc(-c5ccc(OCC(=O)NCC(C)(C)N(C)C)cc5)[nH]c34)CC2)cc1. The zero-order chi connectivity index (χ0) is 30.6. The smallest absolute Gasteiger partial charge is 0.258 e. The molecule has 3 N–H and O–H groups in total. The Bertz CT molecular complexity index is 1530. The number of anilines is 1. The molecule has 3 heterocycles. The zero-order valence-corrected chi connectivity index (χ0v) is 26.5. The Morgan fingerprint density at radius 2 is 1.81 bits per heavy atom. The van der Waals surface area contributed by atoms with Crippen molar-refractivity contribution in [1.29, 1.82) is 0 Å². The maximum Gasteiger partial charge on any atom is 0.258 e. The van der Waals surface area contributed by atoms with Gasteiger partial charge in [0.1, 0.15) is 17.1 Å². The van der Waals surface area contributed by atoms with E-state index in [1.54, 1.807) is 6.20 Å². The predicted octanol–water partition coefficient (Wildman–Crippen LogP) is 5.50. The van der Waals surface area contributed by atoms with Crippen molar-refractivity contribution in [3.8, 4) is 17.1 Å². The molecule has 0 radical (unpaired) electrons. The first-order chi connectivity index (χ1) is 20.6. The molecule has 2 aromatic heterocycles. The molecular formula is C33H42ClN7O2. The van der Waals surface area contributed by atoms with Crippen molar-refractivity contribution < 1.29 is 9.53 Å². The third-order valence-corrected chi connectivity index (χ3v) is 8.65.